The van der Waals surface area contributed by atoms with E-state index in [0.29, 0.717) is 0 Å². The lowest BCUT2D eigenvalue weighted by Gasteiger charge is -2.24. The third kappa shape index (κ3) is 4.54. The standard InChI is InChI=1S/C8H18O5/c1-5(3-9)8(12)13-7(4-10)6(2)11/h5-12H,3-4H2,1-2H3/t5-,6-,7?,8?/m0/s1. The Balaban J connectivity index is 3.93. The van der Waals surface area contributed by atoms with Gasteiger partial charge < -0.3 is 25.2 Å². The molecule has 0 aliphatic heterocycles. The molecular formula is C8H18O5. The van der Waals surface area contributed by atoms with Crippen LogP contribution in [0.15, 0.2) is 0 Å². The van der Waals surface area contributed by atoms with E-state index in [2.05, 4.69) is 0 Å². The van der Waals surface area contributed by atoms with E-state index in [1.807, 2.05) is 0 Å². The van der Waals surface area contributed by atoms with Crippen molar-refractivity contribution >= 4 is 0 Å². The first-order valence-electron chi connectivity index (χ1n) is 4.26. The molecule has 0 aromatic rings. The molecule has 0 bridgehead atoms. The van der Waals surface area contributed by atoms with Gasteiger partial charge in [-0.2, -0.15) is 0 Å². The maximum Gasteiger partial charge on any atom is 0.159 e. The predicted molar refractivity (Wildman–Crippen MR) is 45.9 cm³/mol. The first-order chi connectivity index (χ1) is 6.02. The molecule has 80 valence electrons. The highest BCUT2D eigenvalue weighted by molar-refractivity contribution is 4.65. The smallest absolute Gasteiger partial charge is 0.159 e. The number of hydrogen-bond acceptors (Lipinski definition) is 5. The normalized spacial score (nSPS) is 20.8. The molecule has 0 aromatic carbocycles. The number of rotatable bonds is 6. The average molecular weight is 194 g/mol. The first kappa shape index (κ1) is 12.8. The summed E-state index contributed by atoms with van der Waals surface area (Å²) in [6.07, 6.45) is -2.84. The molecule has 0 saturated heterocycles. The first-order valence-corrected chi connectivity index (χ1v) is 4.26. The largest absolute Gasteiger partial charge is 0.396 e. The van der Waals surface area contributed by atoms with Gasteiger partial charge in [0.15, 0.2) is 6.29 Å². The predicted octanol–water partition coefficient (Wildman–Crippen LogP) is -1.31. The van der Waals surface area contributed by atoms with Crippen molar-refractivity contribution in [1.82, 2.24) is 0 Å². The van der Waals surface area contributed by atoms with Crippen molar-refractivity contribution in [2.24, 2.45) is 5.92 Å². The Morgan fingerprint density at radius 3 is 1.92 bits per heavy atom. The highest BCUT2D eigenvalue weighted by Crippen LogP contribution is 2.08. The van der Waals surface area contributed by atoms with Crippen LogP contribution in [0.4, 0.5) is 0 Å². The van der Waals surface area contributed by atoms with Crippen LogP contribution in [0.1, 0.15) is 13.8 Å². The van der Waals surface area contributed by atoms with Gasteiger partial charge in [-0.15, -0.1) is 0 Å². The van der Waals surface area contributed by atoms with Gasteiger partial charge in [0.1, 0.15) is 6.10 Å². The molecule has 0 fully saturated rings. The summed E-state index contributed by atoms with van der Waals surface area (Å²) >= 11 is 0. The molecule has 0 amide bonds. The SMILES string of the molecule is C[C@H](O)C(CO)OC(O)[C@@H](C)CO. The molecule has 0 heterocycles. The Bertz CT molecular complexity index is 128. The number of ether oxygens (including phenoxy) is 1. The highest BCUT2D eigenvalue weighted by atomic mass is 16.6. The fraction of sp³-hybridized carbons (Fsp3) is 1.00. The maximum atomic E-state index is 9.26. The number of aliphatic hydroxyl groups excluding tert-OH is 4. The van der Waals surface area contributed by atoms with E-state index in [9.17, 15) is 5.11 Å². The van der Waals surface area contributed by atoms with Gasteiger partial charge in [-0.05, 0) is 6.92 Å². The van der Waals surface area contributed by atoms with Crippen LogP contribution in [0.5, 0.6) is 0 Å². The minimum Gasteiger partial charge on any atom is -0.396 e. The van der Waals surface area contributed by atoms with Crippen LogP contribution >= 0.6 is 0 Å². The van der Waals surface area contributed by atoms with Gasteiger partial charge in [0.05, 0.1) is 19.3 Å². The van der Waals surface area contributed by atoms with Crippen molar-refractivity contribution < 1.29 is 25.2 Å². The van der Waals surface area contributed by atoms with Crippen LogP contribution in [-0.2, 0) is 4.74 Å². The molecule has 4 atom stereocenters. The van der Waals surface area contributed by atoms with Crippen LogP contribution < -0.4 is 0 Å². The Morgan fingerprint density at radius 2 is 1.62 bits per heavy atom. The van der Waals surface area contributed by atoms with Crippen LogP contribution in [-0.4, -0.2) is 52.1 Å². The zero-order valence-corrected chi connectivity index (χ0v) is 7.92. The lowest BCUT2D eigenvalue weighted by atomic mass is 10.2. The summed E-state index contributed by atoms with van der Waals surface area (Å²) in [5.41, 5.74) is 0. The van der Waals surface area contributed by atoms with Gasteiger partial charge in [-0.1, -0.05) is 6.92 Å². The zero-order chi connectivity index (χ0) is 10.4. The van der Waals surface area contributed by atoms with Crippen molar-refractivity contribution in [3.05, 3.63) is 0 Å². The number of hydrogen-bond donors (Lipinski definition) is 4. The summed E-state index contributed by atoms with van der Waals surface area (Å²) in [4.78, 5) is 0. The second-order valence-corrected chi connectivity index (χ2v) is 3.15. The minimum absolute atomic E-state index is 0.209. The van der Waals surface area contributed by atoms with Crippen LogP contribution in [0.2, 0.25) is 0 Å². The summed E-state index contributed by atoms with van der Waals surface area (Å²) in [6, 6.07) is 0. The molecule has 0 aliphatic rings. The van der Waals surface area contributed by atoms with E-state index in [4.69, 9.17) is 20.1 Å². The molecule has 0 aliphatic carbocycles. The summed E-state index contributed by atoms with van der Waals surface area (Å²) < 4.78 is 4.91. The molecule has 0 rings (SSSR count). The monoisotopic (exact) mass is 194 g/mol. The van der Waals surface area contributed by atoms with Gasteiger partial charge in [-0.3, -0.25) is 0 Å². The lowest BCUT2D eigenvalue weighted by Crippen LogP contribution is -2.37. The van der Waals surface area contributed by atoms with Gasteiger partial charge >= 0.3 is 0 Å². The van der Waals surface area contributed by atoms with Gasteiger partial charge in [-0.25, -0.2) is 0 Å². The molecule has 0 radical (unpaired) electrons. The molecular weight excluding hydrogens is 176 g/mol. The van der Waals surface area contributed by atoms with E-state index >= 15 is 0 Å². The molecule has 2 unspecified atom stereocenters. The van der Waals surface area contributed by atoms with Gasteiger partial charge in [0, 0.05) is 5.92 Å². The van der Waals surface area contributed by atoms with Crippen molar-refractivity contribution in [3.63, 3.8) is 0 Å². The van der Waals surface area contributed by atoms with E-state index in [0.717, 1.165) is 0 Å². The maximum absolute atomic E-state index is 9.26. The van der Waals surface area contributed by atoms with Crippen LogP contribution in [0.25, 0.3) is 0 Å². The van der Waals surface area contributed by atoms with E-state index in [1.165, 1.54) is 6.92 Å². The molecule has 0 saturated carbocycles. The molecule has 0 spiro atoms. The lowest BCUT2D eigenvalue weighted by molar-refractivity contribution is -0.197. The van der Waals surface area contributed by atoms with Crippen molar-refractivity contribution in [2.75, 3.05) is 13.2 Å². The van der Waals surface area contributed by atoms with E-state index in [1.54, 1.807) is 6.92 Å². The van der Waals surface area contributed by atoms with E-state index in [-0.39, 0.29) is 13.2 Å². The average Bonchev–Trinajstić information content (AvgIpc) is 2.11. The van der Waals surface area contributed by atoms with Crippen molar-refractivity contribution in [3.8, 4) is 0 Å². The van der Waals surface area contributed by atoms with E-state index < -0.39 is 24.4 Å². The second-order valence-electron chi connectivity index (χ2n) is 3.15. The molecule has 5 nitrogen and oxygen atoms in total. The quantitative estimate of drug-likeness (QED) is 0.394. The summed E-state index contributed by atoms with van der Waals surface area (Å²) in [7, 11) is 0. The summed E-state index contributed by atoms with van der Waals surface area (Å²) in [5, 5.41) is 35.7. The number of aliphatic hydroxyl groups is 4. The molecule has 4 N–H and O–H groups in total. The van der Waals surface area contributed by atoms with Crippen molar-refractivity contribution in [2.45, 2.75) is 32.3 Å². The fourth-order valence-corrected chi connectivity index (χ4v) is 0.713. The summed E-state index contributed by atoms with van der Waals surface area (Å²) in [6.45, 7) is 2.48. The van der Waals surface area contributed by atoms with Crippen LogP contribution in [0, 0.1) is 5.92 Å². The minimum atomic E-state index is -1.17. The Labute approximate surface area is 77.6 Å². The highest BCUT2D eigenvalue weighted by Gasteiger charge is 2.22. The topological polar surface area (TPSA) is 90.2 Å². The Morgan fingerprint density at radius 1 is 1.08 bits per heavy atom. The van der Waals surface area contributed by atoms with Gasteiger partial charge in [0.25, 0.3) is 0 Å². The third-order valence-electron chi connectivity index (χ3n) is 1.81. The summed E-state index contributed by atoms with van der Waals surface area (Å²) in [5.74, 6) is -0.437. The molecule has 0 aromatic heterocycles. The Kier molecular flexibility index (Phi) is 6.19. The van der Waals surface area contributed by atoms with Crippen molar-refractivity contribution in [1.29, 1.82) is 0 Å². The van der Waals surface area contributed by atoms with Gasteiger partial charge in [0.2, 0.25) is 0 Å². The fourth-order valence-electron chi connectivity index (χ4n) is 0.713. The van der Waals surface area contributed by atoms with Crippen LogP contribution in [0.3, 0.4) is 0 Å². The zero-order valence-electron chi connectivity index (χ0n) is 7.92. The third-order valence-corrected chi connectivity index (χ3v) is 1.81. The second kappa shape index (κ2) is 6.28. The molecule has 5 heteroatoms. The Hall–Kier alpha value is -0.200. The molecule has 13 heavy (non-hydrogen) atoms.